The Morgan fingerprint density at radius 2 is 2.17 bits per heavy atom. The van der Waals surface area contributed by atoms with E-state index in [2.05, 4.69) is 36.2 Å². The van der Waals surface area contributed by atoms with Crippen LogP contribution in [0.25, 0.3) is 21.3 Å². The Morgan fingerprint density at radius 1 is 1.38 bits per heavy atom. The van der Waals surface area contributed by atoms with E-state index in [0.717, 1.165) is 40.8 Å². The molecule has 0 amide bonds. The minimum absolute atomic E-state index is 0.0268. The zero-order chi connectivity index (χ0) is 16.7. The number of nitrogens with one attached hydrogen (secondary N) is 1. The molecule has 3 aromatic rings. The second kappa shape index (κ2) is 6.27. The number of hydrogen-bond acceptors (Lipinski definition) is 4. The lowest BCUT2D eigenvalue weighted by Gasteiger charge is -2.12. The van der Waals surface area contributed by atoms with Crippen molar-refractivity contribution in [3.63, 3.8) is 0 Å². The standard InChI is InChI=1S/C18H18N2O2S2/c1-11-4-6-12(7-5-11)14-10-24-16-15(14)17(21)20(18(23)19-16)9-13-3-2-8-22-13/h4-7,10,13H,2-3,8-9H2,1H3,(H,19,23). The van der Waals surface area contributed by atoms with Gasteiger partial charge in [0.1, 0.15) is 4.83 Å². The molecule has 1 N–H and O–H groups in total. The molecule has 0 radical (unpaired) electrons. The Balaban J connectivity index is 1.86. The van der Waals surface area contributed by atoms with Gasteiger partial charge in [0.25, 0.3) is 5.56 Å². The Kier molecular flexibility index (Phi) is 4.12. The highest BCUT2D eigenvalue weighted by Gasteiger charge is 2.19. The minimum atomic E-state index is -0.0268. The van der Waals surface area contributed by atoms with E-state index in [1.54, 1.807) is 4.57 Å². The largest absolute Gasteiger partial charge is 0.376 e. The number of aromatic amines is 1. The van der Waals surface area contributed by atoms with E-state index >= 15 is 0 Å². The highest BCUT2D eigenvalue weighted by atomic mass is 32.1. The number of benzene rings is 1. The van der Waals surface area contributed by atoms with Crippen LogP contribution in [0.4, 0.5) is 0 Å². The third kappa shape index (κ3) is 2.75. The molecule has 0 bridgehead atoms. The van der Waals surface area contributed by atoms with Gasteiger partial charge in [0, 0.05) is 17.6 Å². The van der Waals surface area contributed by atoms with Gasteiger partial charge in [0.15, 0.2) is 4.77 Å². The summed E-state index contributed by atoms with van der Waals surface area (Å²) in [7, 11) is 0. The van der Waals surface area contributed by atoms with Gasteiger partial charge in [-0.05, 0) is 37.5 Å². The number of fused-ring (bicyclic) bond motifs is 1. The predicted molar refractivity (Wildman–Crippen MR) is 100 cm³/mol. The van der Waals surface area contributed by atoms with Crippen LogP contribution in [0.1, 0.15) is 18.4 Å². The summed E-state index contributed by atoms with van der Waals surface area (Å²) in [6.45, 7) is 3.35. The summed E-state index contributed by atoms with van der Waals surface area (Å²) in [5, 5.41) is 2.74. The maximum absolute atomic E-state index is 13.1. The molecule has 1 aromatic carbocycles. The van der Waals surface area contributed by atoms with Crippen molar-refractivity contribution < 1.29 is 4.74 Å². The molecular weight excluding hydrogens is 340 g/mol. The van der Waals surface area contributed by atoms with Crippen LogP contribution in [-0.2, 0) is 11.3 Å². The van der Waals surface area contributed by atoms with Crippen LogP contribution in [0.2, 0.25) is 0 Å². The number of nitrogens with zero attached hydrogens (tertiary/aromatic N) is 1. The molecule has 24 heavy (non-hydrogen) atoms. The fourth-order valence-electron chi connectivity index (χ4n) is 3.16. The molecule has 4 rings (SSSR count). The first-order valence-electron chi connectivity index (χ1n) is 8.06. The van der Waals surface area contributed by atoms with Crippen LogP contribution in [0.5, 0.6) is 0 Å². The quantitative estimate of drug-likeness (QED) is 0.711. The van der Waals surface area contributed by atoms with Crippen molar-refractivity contribution >= 4 is 33.8 Å². The van der Waals surface area contributed by atoms with Crippen molar-refractivity contribution in [3.8, 4) is 11.1 Å². The molecule has 0 spiro atoms. The number of hydrogen-bond donors (Lipinski definition) is 1. The Hall–Kier alpha value is -1.76. The van der Waals surface area contributed by atoms with Crippen LogP contribution in [0.3, 0.4) is 0 Å². The van der Waals surface area contributed by atoms with Crippen molar-refractivity contribution in [2.45, 2.75) is 32.4 Å². The lowest BCUT2D eigenvalue weighted by molar-refractivity contribution is 0.0957. The fraction of sp³-hybridized carbons (Fsp3) is 0.333. The normalized spacial score (nSPS) is 17.6. The van der Waals surface area contributed by atoms with Gasteiger partial charge in [-0.15, -0.1) is 11.3 Å². The highest BCUT2D eigenvalue weighted by Crippen LogP contribution is 2.31. The van der Waals surface area contributed by atoms with Crippen LogP contribution in [-0.4, -0.2) is 22.3 Å². The summed E-state index contributed by atoms with van der Waals surface area (Å²) in [6.07, 6.45) is 2.11. The fourth-order valence-corrected chi connectivity index (χ4v) is 4.44. The molecule has 3 heterocycles. The SMILES string of the molecule is Cc1ccc(-c2csc3[nH]c(=S)n(CC4CCCO4)c(=O)c23)cc1. The highest BCUT2D eigenvalue weighted by molar-refractivity contribution is 7.71. The predicted octanol–water partition coefficient (Wildman–Crippen LogP) is 4.28. The molecule has 1 unspecified atom stereocenters. The first-order valence-corrected chi connectivity index (χ1v) is 9.35. The van der Waals surface area contributed by atoms with Crippen LogP contribution < -0.4 is 5.56 Å². The summed E-state index contributed by atoms with van der Waals surface area (Å²) >= 11 is 6.93. The Labute approximate surface area is 148 Å². The van der Waals surface area contributed by atoms with Gasteiger partial charge >= 0.3 is 0 Å². The molecule has 1 saturated heterocycles. The van der Waals surface area contributed by atoms with Crippen molar-refractivity contribution in [1.82, 2.24) is 9.55 Å². The van der Waals surface area contributed by atoms with E-state index in [1.165, 1.54) is 16.9 Å². The minimum Gasteiger partial charge on any atom is -0.376 e. The second-order valence-electron chi connectivity index (χ2n) is 6.20. The molecule has 0 saturated carbocycles. The molecule has 6 heteroatoms. The van der Waals surface area contributed by atoms with Crippen molar-refractivity contribution in [1.29, 1.82) is 0 Å². The van der Waals surface area contributed by atoms with E-state index in [4.69, 9.17) is 17.0 Å². The molecule has 1 fully saturated rings. The van der Waals surface area contributed by atoms with E-state index < -0.39 is 0 Å². The maximum atomic E-state index is 13.1. The third-order valence-corrected chi connectivity index (χ3v) is 5.71. The van der Waals surface area contributed by atoms with E-state index in [-0.39, 0.29) is 11.7 Å². The first-order chi connectivity index (χ1) is 11.6. The van der Waals surface area contributed by atoms with Gasteiger partial charge in [-0.2, -0.15) is 0 Å². The monoisotopic (exact) mass is 358 g/mol. The van der Waals surface area contributed by atoms with Crippen molar-refractivity contribution in [2.75, 3.05) is 6.61 Å². The molecule has 0 aliphatic carbocycles. The summed E-state index contributed by atoms with van der Waals surface area (Å²) < 4.78 is 7.79. The smallest absolute Gasteiger partial charge is 0.263 e. The van der Waals surface area contributed by atoms with Crippen LogP contribution in [0, 0.1) is 11.7 Å². The number of H-pyrrole nitrogens is 1. The van der Waals surface area contributed by atoms with Gasteiger partial charge in [-0.1, -0.05) is 29.8 Å². The lowest BCUT2D eigenvalue weighted by atomic mass is 10.1. The molecular formula is C18H18N2O2S2. The Morgan fingerprint density at radius 3 is 2.88 bits per heavy atom. The average Bonchev–Trinajstić information content (AvgIpc) is 3.22. The number of rotatable bonds is 3. The summed E-state index contributed by atoms with van der Waals surface area (Å²) in [5.41, 5.74) is 3.19. The van der Waals surface area contributed by atoms with Gasteiger partial charge in [-0.25, -0.2) is 0 Å². The van der Waals surface area contributed by atoms with Crippen LogP contribution >= 0.6 is 23.6 Å². The summed E-state index contributed by atoms with van der Waals surface area (Å²) in [6, 6.07) is 8.24. The number of thiophene rings is 1. The second-order valence-corrected chi connectivity index (χ2v) is 7.47. The lowest BCUT2D eigenvalue weighted by Crippen LogP contribution is -2.27. The maximum Gasteiger partial charge on any atom is 0.263 e. The third-order valence-electron chi connectivity index (χ3n) is 4.49. The topological polar surface area (TPSA) is 47.0 Å². The van der Waals surface area contributed by atoms with E-state index in [0.29, 0.717) is 11.3 Å². The average molecular weight is 358 g/mol. The molecule has 2 aromatic heterocycles. The molecule has 1 atom stereocenters. The summed E-state index contributed by atoms with van der Waals surface area (Å²) in [4.78, 5) is 17.1. The van der Waals surface area contributed by atoms with Crippen LogP contribution in [0.15, 0.2) is 34.4 Å². The zero-order valence-electron chi connectivity index (χ0n) is 13.4. The van der Waals surface area contributed by atoms with E-state index in [1.807, 2.05) is 5.38 Å². The Bertz CT molecular complexity index is 993. The number of aromatic nitrogens is 2. The van der Waals surface area contributed by atoms with Gasteiger partial charge in [0.05, 0.1) is 18.0 Å². The zero-order valence-corrected chi connectivity index (χ0v) is 15.0. The molecule has 124 valence electrons. The molecule has 4 nitrogen and oxygen atoms in total. The first kappa shape index (κ1) is 15.7. The van der Waals surface area contributed by atoms with Gasteiger partial charge in [0.2, 0.25) is 0 Å². The van der Waals surface area contributed by atoms with Crippen molar-refractivity contribution in [2.24, 2.45) is 0 Å². The van der Waals surface area contributed by atoms with Gasteiger partial charge < -0.3 is 9.72 Å². The van der Waals surface area contributed by atoms with Crippen molar-refractivity contribution in [3.05, 3.63) is 50.3 Å². The number of ether oxygens (including phenoxy) is 1. The number of aryl methyl sites for hydroxylation is 1. The summed E-state index contributed by atoms with van der Waals surface area (Å²) in [5.74, 6) is 0. The molecule has 1 aliphatic rings. The molecule has 1 aliphatic heterocycles. The van der Waals surface area contributed by atoms with E-state index in [9.17, 15) is 4.79 Å². The van der Waals surface area contributed by atoms with Gasteiger partial charge in [-0.3, -0.25) is 9.36 Å².